The molecule has 18 heavy (non-hydrogen) atoms. The highest BCUT2D eigenvalue weighted by atomic mass is 127. The molecule has 1 atom stereocenters. The fraction of sp³-hybridized carbons (Fsp3) is 0.500. The van der Waals surface area contributed by atoms with Gasteiger partial charge in [0, 0.05) is 10.5 Å². The topological polar surface area (TPSA) is 38.3 Å². The second-order valence-electron chi connectivity index (χ2n) is 5.19. The van der Waals surface area contributed by atoms with Crippen molar-refractivity contribution in [1.82, 2.24) is 5.32 Å². The van der Waals surface area contributed by atoms with E-state index in [4.69, 9.17) is 4.74 Å². The number of carbonyl (C=O) groups is 1. The third kappa shape index (κ3) is 6.23. The summed E-state index contributed by atoms with van der Waals surface area (Å²) in [7, 11) is 0. The van der Waals surface area contributed by atoms with Gasteiger partial charge in [0.1, 0.15) is 5.60 Å². The fourth-order valence-electron chi connectivity index (χ4n) is 1.52. The van der Waals surface area contributed by atoms with Crippen LogP contribution in [0.2, 0.25) is 0 Å². The maximum absolute atomic E-state index is 11.7. The van der Waals surface area contributed by atoms with Gasteiger partial charge >= 0.3 is 6.09 Å². The number of nitrogens with one attached hydrogen (secondary N) is 1. The zero-order chi connectivity index (χ0) is 13.6. The predicted molar refractivity (Wildman–Crippen MR) is 82.2 cm³/mol. The van der Waals surface area contributed by atoms with Crippen molar-refractivity contribution in [3.8, 4) is 0 Å². The maximum Gasteiger partial charge on any atom is 0.407 e. The molecule has 0 spiro atoms. The first kappa shape index (κ1) is 15.3. The number of benzene rings is 1. The van der Waals surface area contributed by atoms with Crippen molar-refractivity contribution in [3.63, 3.8) is 0 Å². The quantitative estimate of drug-likeness (QED) is 0.658. The smallest absolute Gasteiger partial charge is 0.407 e. The van der Waals surface area contributed by atoms with Gasteiger partial charge in [-0.1, -0.05) is 52.9 Å². The number of alkyl carbamates (subject to hydrolysis) is 1. The third-order valence-corrected chi connectivity index (χ3v) is 3.30. The van der Waals surface area contributed by atoms with Crippen LogP contribution in [0, 0.1) is 0 Å². The molecule has 1 N–H and O–H groups in total. The minimum absolute atomic E-state index is 0.0999. The molecule has 4 heteroatoms. The van der Waals surface area contributed by atoms with E-state index < -0.39 is 5.60 Å². The van der Waals surface area contributed by atoms with E-state index >= 15 is 0 Å². The molecule has 0 unspecified atom stereocenters. The van der Waals surface area contributed by atoms with E-state index in [0.717, 1.165) is 10.8 Å². The summed E-state index contributed by atoms with van der Waals surface area (Å²) in [5.41, 5.74) is 0.766. The number of ether oxygens (including phenoxy) is 1. The van der Waals surface area contributed by atoms with Gasteiger partial charge in [0.15, 0.2) is 0 Å². The molecule has 0 aliphatic carbocycles. The third-order valence-electron chi connectivity index (χ3n) is 2.23. The first-order valence-electron chi connectivity index (χ1n) is 6.00. The molecule has 0 aliphatic heterocycles. The van der Waals surface area contributed by atoms with Crippen molar-refractivity contribution >= 4 is 28.7 Å². The van der Waals surface area contributed by atoms with Gasteiger partial charge in [0.2, 0.25) is 0 Å². The lowest BCUT2D eigenvalue weighted by molar-refractivity contribution is 0.0510. The minimum atomic E-state index is -0.452. The number of carbonyl (C=O) groups excluding carboxylic acids is 1. The van der Waals surface area contributed by atoms with Crippen LogP contribution in [0.3, 0.4) is 0 Å². The second-order valence-corrected chi connectivity index (χ2v) is 6.07. The van der Waals surface area contributed by atoms with E-state index in [1.807, 2.05) is 39.0 Å². The summed E-state index contributed by atoms with van der Waals surface area (Å²) >= 11 is 2.28. The lowest BCUT2D eigenvalue weighted by Gasteiger charge is -2.22. The van der Waals surface area contributed by atoms with Gasteiger partial charge in [-0.15, -0.1) is 0 Å². The SMILES string of the molecule is CC(C)(C)OC(=O)N[C@H](CI)Cc1ccccc1. The molecule has 1 rings (SSSR count). The molecule has 0 saturated heterocycles. The van der Waals surface area contributed by atoms with E-state index in [9.17, 15) is 4.79 Å². The minimum Gasteiger partial charge on any atom is -0.444 e. The highest BCUT2D eigenvalue weighted by Gasteiger charge is 2.19. The Labute approximate surface area is 122 Å². The van der Waals surface area contributed by atoms with Crippen LogP contribution < -0.4 is 5.32 Å². The van der Waals surface area contributed by atoms with Crippen molar-refractivity contribution < 1.29 is 9.53 Å². The van der Waals surface area contributed by atoms with Gasteiger partial charge in [0.05, 0.1) is 0 Å². The van der Waals surface area contributed by atoms with E-state index in [2.05, 4.69) is 40.0 Å². The van der Waals surface area contributed by atoms with Crippen LogP contribution in [-0.2, 0) is 11.2 Å². The Balaban J connectivity index is 2.50. The van der Waals surface area contributed by atoms with Gasteiger partial charge in [-0.05, 0) is 32.8 Å². The Morgan fingerprint density at radius 3 is 2.44 bits per heavy atom. The summed E-state index contributed by atoms with van der Waals surface area (Å²) in [6.45, 7) is 5.59. The molecule has 1 aromatic carbocycles. The zero-order valence-corrected chi connectivity index (χ0v) is 13.2. The zero-order valence-electron chi connectivity index (χ0n) is 11.1. The highest BCUT2D eigenvalue weighted by molar-refractivity contribution is 14.1. The van der Waals surface area contributed by atoms with E-state index in [-0.39, 0.29) is 12.1 Å². The Bertz CT molecular complexity index is 373. The van der Waals surface area contributed by atoms with Crippen LogP contribution >= 0.6 is 22.6 Å². The molecule has 100 valence electrons. The van der Waals surface area contributed by atoms with Crippen LogP contribution in [0.15, 0.2) is 30.3 Å². The first-order chi connectivity index (χ1) is 8.40. The second kappa shape index (κ2) is 6.97. The molecule has 0 aliphatic rings. The summed E-state index contributed by atoms with van der Waals surface area (Å²) < 4.78 is 6.11. The molecule has 0 heterocycles. The Morgan fingerprint density at radius 2 is 1.94 bits per heavy atom. The first-order valence-corrected chi connectivity index (χ1v) is 7.52. The Morgan fingerprint density at radius 1 is 1.33 bits per heavy atom. The molecule has 0 bridgehead atoms. The molecule has 0 fully saturated rings. The van der Waals surface area contributed by atoms with Gasteiger partial charge in [0.25, 0.3) is 0 Å². The summed E-state index contributed by atoms with van der Waals surface area (Å²) in [6, 6.07) is 10.2. The lowest BCUT2D eigenvalue weighted by atomic mass is 10.1. The number of alkyl halides is 1. The molecule has 0 radical (unpaired) electrons. The average Bonchev–Trinajstić information content (AvgIpc) is 2.27. The summed E-state index contributed by atoms with van der Waals surface area (Å²) in [6.07, 6.45) is 0.475. The van der Waals surface area contributed by atoms with Crippen LogP contribution in [0.5, 0.6) is 0 Å². The standard InChI is InChI=1S/C14H20INO2/c1-14(2,3)18-13(17)16-12(10-15)9-11-7-5-4-6-8-11/h4-8,12H,9-10H2,1-3H3,(H,16,17)/t12-/m0/s1. The monoisotopic (exact) mass is 361 g/mol. The van der Waals surface area contributed by atoms with Crippen LogP contribution in [0.4, 0.5) is 4.79 Å². The van der Waals surface area contributed by atoms with Crippen LogP contribution in [0.1, 0.15) is 26.3 Å². The van der Waals surface area contributed by atoms with Crippen molar-refractivity contribution in [3.05, 3.63) is 35.9 Å². The number of hydrogen-bond acceptors (Lipinski definition) is 2. The normalized spacial score (nSPS) is 12.9. The Kier molecular flexibility index (Phi) is 5.91. The summed E-state index contributed by atoms with van der Waals surface area (Å²) in [5, 5.41) is 2.90. The van der Waals surface area contributed by atoms with E-state index in [1.54, 1.807) is 0 Å². The van der Waals surface area contributed by atoms with Gasteiger partial charge in [-0.3, -0.25) is 0 Å². The maximum atomic E-state index is 11.7. The van der Waals surface area contributed by atoms with Gasteiger partial charge in [-0.2, -0.15) is 0 Å². The number of rotatable bonds is 4. The van der Waals surface area contributed by atoms with E-state index in [1.165, 1.54) is 5.56 Å². The number of halogens is 1. The summed E-state index contributed by atoms with van der Waals surface area (Å²) in [5.74, 6) is 0. The molecule has 0 aromatic heterocycles. The average molecular weight is 361 g/mol. The molecule has 1 aromatic rings. The molecule has 3 nitrogen and oxygen atoms in total. The largest absolute Gasteiger partial charge is 0.444 e. The van der Waals surface area contributed by atoms with Gasteiger partial charge in [-0.25, -0.2) is 4.79 Å². The van der Waals surface area contributed by atoms with Crippen LogP contribution in [-0.4, -0.2) is 22.2 Å². The molecular weight excluding hydrogens is 341 g/mol. The van der Waals surface area contributed by atoms with Crippen molar-refractivity contribution in [2.45, 2.75) is 38.8 Å². The van der Waals surface area contributed by atoms with Crippen molar-refractivity contribution in [2.24, 2.45) is 0 Å². The molecule has 0 saturated carbocycles. The summed E-state index contributed by atoms with van der Waals surface area (Å²) in [4.78, 5) is 11.7. The molecule has 1 amide bonds. The number of hydrogen-bond donors (Lipinski definition) is 1. The highest BCUT2D eigenvalue weighted by Crippen LogP contribution is 2.09. The predicted octanol–water partition coefficient (Wildman–Crippen LogP) is 3.56. The molecular formula is C14H20INO2. The van der Waals surface area contributed by atoms with Crippen molar-refractivity contribution in [2.75, 3.05) is 4.43 Å². The Hall–Kier alpha value is -0.780. The lowest BCUT2D eigenvalue weighted by Crippen LogP contribution is -2.41. The van der Waals surface area contributed by atoms with E-state index in [0.29, 0.717) is 0 Å². The van der Waals surface area contributed by atoms with Crippen LogP contribution in [0.25, 0.3) is 0 Å². The van der Waals surface area contributed by atoms with Gasteiger partial charge < -0.3 is 10.1 Å². The number of amides is 1. The van der Waals surface area contributed by atoms with Crippen molar-refractivity contribution in [1.29, 1.82) is 0 Å². The fourth-order valence-corrected chi connectivity index (χ4v) is 2.05.